The molecule has 4 aromatic rings. The number of para-hydroxylation sites is 4. The van der Waals surface area contributed by atoms with Gasteiger partial charge >= 0.3 is 0 Å². The van der Waals surface area contributed by atoms with Crippen LogP contribution in [-0.2, 0) is 0 Å². The van der Waals surface area contributed by atoms with Crippen LogP contribution in [0.15, 0.2) is 82.6 Å². The Morgan fingerprint density at radius 2 is 1.39 bits per heavy atom. The third kappa shape index (κ3) is 5.05. The molecule has 9 heteroatoms. The van der Waals surface area contributed by atoms with E-state index in [-0.39, 0.29) is 16.2 Å². The average Bonchev–Trinajstić information content (AvgIpc) is 2.95. The molecule has 0 aliphatic carbocycles. The van der Waals surface area contributed by atoms with Crippen molar-refractivity contribution >= 4 is 29.8 Å². The maximum Gasteiger partial charge on any atom is 0.271 e. The van der Waals surface area contributed by atoms with Crippen LogP contribution in [0.2, 0.25) is 0 Å². The van der Waals surface area contributed by atoms with Crippen LogP contribution in [0, 0.1) is 4.77 Å². The largest absolute Gasteiger partial charge is 0.495 e. The van der Waals surface area contributed by atoms with Gasteiger partial charge in [0, 0.05) is 25.0 Å². The minimum absolute atomic E-state index is 0.0387. The van der Waals surface area contributed by atoms with Crippen molar-refractivity contribution in [2.45, 2.75) is 13.8 Å². The minimum atomic E-state index is -0.536. The molecule has 196 valence electrons. The van der Waals surface area contributed by atoms with Gasteiger partial charge in [0.1, 0.15) is 17.1 Å². The molecular weight excluding hydrogens is 500 g/mol. The molecule has 0 bridgehead atoms. The highest BCUT2D eigenvalue weighted by Crippen LogP contribution is 2.30. The summed E-state index contributed by atoms with van der Waals surface area (Å²) in [7, 11) is 3.05. The van der Waals surface area contributed by atoms with Gasteiger partial charge in [0.15, 0.2) is 4.77 Å². The lowest BCUT2D eigenvalue weighted by Gasteiger charge is -2.20. The SMILES string of the molecule is CCN(CC)c1ccc(N=Cc2c(O)n(-c3ccccc3OC)c(=S)n(-c3ccccc3OC)c2=O)cc1. The third-order valence-corrected chi connectivity index (χ3v) is 6.61. The van der Waals surface area contributed by atoms with E-state index in [0.717, 1.165) is 18.8 Å². The Balaban J connectivity index is 1.95. The molecule has 0 radical (unpaired) electrons. The fourth-order valence-electron chi connectivity index (χ4n) is 4.26. The zero-order chi connectivity index (χ0) is 27.2. The number of aliphatic imine (C=N–C) groups is 1. The highest BCUT2D eigenvalue weighted by atomic mass is 32.1. The molecule has 4 rings (SSSR count). The minimum Gasteiger partial charge on any atom is -0.495 e. The molecule has 0 aliphatic rings. The summed E-state index contributed by atoms with van der Waals surface area (Å²) in [5.41, 5.74) is 2.05. The number of hydrogen-bond donors (Lipinski definition) is 1. The molecule has 38 heavy (non-hydrogen) atoms. The Labute approximate surface area is 226 Å². The van der Waals surface area contributed by atoms with Gasteiger partial charge < -0.3 is 19.5 Å². The van der Waals surface area contributed by atoms with Crippen molar-refractivity contribution in [2.75, 3.05) is 32.2 Å². The summed E-state index contributed by atoms with van der Waals surface area (Å²) in [5, 5.41) is 11.4. The van der Waals surface area contributed by atoms with Crippen LogP contribution in [0.5, 0.6) is 17.4 Å². The Morgan fingerprint density at radius 1 is 0.868 bits per heavy atom. The van der Waals surface area contributed by atoms with Gasteiger partial charge in [-0.3, -0.25) is 14.4 Å². The average molecular weight is 531 g/mol. The van der Waals surface area contributed by atoms with Crippen molar-refractivity contribution in [3.8, 4) is 28.8 Å². The zero-order valence-corrected chi connectivity index (χ0v) is 22.6. The predicted octanol–water partition coefficient (Wildman–Crippen LogP) is 5.68. The molecule has 0 unspecified atom stereocenters. The van der Waals surface area contributed by atoms with Crippen LogP contribution >= 0.6 is 12.2 Å². The number of aromatic nitrogens is 2. The second-order valence-electron chi connectivity index (χ2n) is 8.29. The van der Waals surface area contributed by atoms with Crippen molar-refractivity contribution in [3.63, 3.8) is 0 Å². The monoisotopic (exact) mass is 530 g/mol. The fraction of sp³-hybridized carbons (Fsp3) is 0.207. The maximum absolute atomic E-state index is 13.8. The predicted molar refractivity (Wildman–Crippen MR) is 154 cm³/mol. The molecule has 0 saturated heterocycles. The summed E-state index contributed by atoms with van der Waals surface area (Å²) in [6.45, 7) is 5.99. The molecule has 8 nitrogen and oxygen atoms in total. The molecule has 1 aromatic heterocycles. The molecule has 0 aliphatic heterocycles. The molecule has 0 amide bonds. The van der Waals surface area contributed by atoms with Gasteiger partial charge in [0.25, 0.3) is 5.56 Å². The molecule has 0 fully saturated rings. The zero-order valence-electron chi connectivity index (χ0n) is 21.8. The van der Waals surface area contributed by atoms with E-state index in [4.69, 9.17) is 21.7 Å². The normalized spacial score (nSPS) is 11.1. The first-order valence-electron chi connectivity index (χ1n) is 12.2. The van der Waals surface area contributed by atoms with E-state index in [0.29, 0.717) is 28.6 Å². The quantitative estimate of drug-likeness (QED) is 0.222. The van der Waals surface area contributed by atoms with Crippen LogP contribution in [0.25, 0.3) is 11.4 Å². The van der Waals surface area contributed by atoms with Gasteiger partial charge in [-0.1, -0.05) is 24.3 Å². The smallest absolute Gasteiger partial charge is 0.271 e. The Bertz CT molecular complexity index is 1570. The van der Waals surface area contributed by atoms with Crippen molar-refractivity contribution in [1.29, 1.82) is 0 Å². The van der Waals surface area contributed by atoms with Crippen molar-refractivity contribution in [2.24, 2.45) is 4.99 Å². The summed E-state index contributed by atoms with van der Waals surface area (Å²) < 4.78 is 13.8. The molecule has 0 atom stereocenters. The summed E-state index contributed by atoms with van der Waals surface area (Å²) in [6.07, 6.45) is 1.36. The molecule has 3 aromatic carbocycles. The Kier molecular flexibility index (Phi) is 8.28. The number of nitrogens with zero attached hydrogens (tertiary/aromatic N) is 4. The van der Waals surface area contributed by atoms with Gasteiger partial charge in [0.05, 0.1) is 31.3 Å². The van der Waals surface area contributed by atoms with Crippen LogP contribution in [-0.4, -0.2) is 47.8 Å². The van der Waals surface area contributed by atoms with Crippen LogP contribution in [0.1, 0.15) is 19.4 Å². The van der Waals surface area contributed by atoms with Gasteiger partial charge in [-0.25, -0.2) is 4.57 Å². The second kappa shape index (κ2) is 11.8. The number of methoxy groups -OCH3 is 2. The number of aromatic hydroxyl groups is 1. The van der Waals surface area contributed by atoms with Crippen LogP contribution < -0.4 is 19.9 Å². The summed E-state index contributed by atoms with van der Waals surface area (Å²) in [6, 6.07) is 21.9. The van der Waals surface area contributed by atoms with E-state index in [2.05, 4.69) is 23.7 Å². The van der Waals surface area contributed by atoms with Crippen molar-refractivity contribution in [1.82, 2.24) is 9.13 Å². The highest BCUT2D eigenvalue weighted by molar-refractivity contribution is 7.71. The lowest BCUT2D eigenvalue weighted by Crippen LogP contribution is -2.27. The summed E-state index contributed by atoms with van der Waals surface area (Å²) >= 11 is 5.75. The standard InChI is InChI=1S/C29H30N4O4S/c1-5-31(6-2)21-17-15-20(16-18-21)30-19-22-27(34)32(23-11-7-9-13-25(23)36-3)29(38)33(28(22)35)24-12-8-10-14-26(24)37-4/h7-19,34H,5-6H2,1-4H3. The number of anilines is 1. The van der Waals surface area contributed by atoms with Gasteiger partial charge in [-0.2, -0.15) is 0 Å². The first-order valence-corrected chi connectivity index (χ1v) is 12.6. The first-order chi connectivity index (χ1) is 18.4. The topological polar surface area (TPSA) is 81.2 Å². The van der Waals surface area contributed by atoms with E-state index in [1.165, 1.54) is 29.6 Å². The van der Waals surface area contributed by atoms with Gasteiger partial charge in [-0.05, 0) is 74.6 Å². The number of hydrogen-bond acceptors (Lipinski definition) is 7. The van der Waals surface area contributed by atoms with Gasteiger partial charge in [0.2, 0.25) is 5.88 Å². The third-order valence-electron chi connectivity index (χ3n) is 6.24. The van der Waals surface area contributed by atoms with Crippen LogP contribution in [0.4, 0.5) is 11.4 Å². The van der Waals surface area contributed by atoms with Crippen molar-refractivity contribution in [3.05, 3.63) is 93.5 Å². The van der Waals surface area contributed by atoms with Crippen molar-refractivity contribution < 1.29 is 14.6 Å². The number of rotatable bonds is 9. The van der Waals surface area contributed by atoms with Crippen LogP contribution in [0.3, 0.4) is 0 Å². The van der Waals surface area contributed by atoms with E-state index in [1.54, 1.807) is 42.5 Å². The highest BCUT2D eigenvalue weighted by Gasteiger charge is 2.21. The first kappa shape index (κ1) is 26.7. The maximum atomic E-state index is 13.8. The Hall–Kier alpha value is -4.37. The Morgan fingerprint density at radius 3 is 1.92 bits per heavy atom. The van der Waals surface area contributed by atoms with E-state index in [9.17, 15) is 9.90 Å². The van der Waals surface area contributed by atoms with E-state index < -0.39 is 5.56 Å². The lowest BCUT2D eigenvalue weighted by molar-refractivity contribution is 0.400. The number of benzene rings is 3. The van der Waals surface area contributed by atoms with E-state index in [1.807, 2.05) is 30.3 Å². The number of ether oxygens (including phenoxy) is 2. The summed E-state index contributed by atoms with van der Waals surface area (Å²) in [5.74, 6) is 0.575. The van der Waals surface area contributed by atoms with E-state index >= 15 is 0 Å². The lowest BCUT2D eigenvalue weighted by atomic mass is 10.2. The molecule has 0 spiro atoms. The fourth-order valence-corrected chi connectivity index (χ4v) is 4.63. The summed E-state index contributed by atoms with van der Waals surface area (Å²) in [4.78, 5) is 20.5. The van der Waals surface area contributed by atoms with Gasteiger partial charge in [-0.15, -0.1) is 0 Å². The second-order valence-corrected chi connectivity index (χ2v) is 8.65. The molecule has 1 N–H and O–H groups in total. The molecule has 0 saturated carbocycles. The molecule has 1 heterocycles. The molecular formula is C29H30N4O4S.